The molecule has 0 aliphatic carbocycles. The van der Waals surface area contributed by atoms with Crippen LogP contribution in [0.4, 0.5) is 0 Å². The Bertz CT molecular complexity index is 447. The van der Waals surface area contributed by atoms with Crippen LogP contribution >= 0.6 is 0 Å². The van der Waals surface area contributed by atoms with Crippen molar-refractivity contribution in [1.29, 1.82) is 0 Å². The third kappa shape index (κ3) is 4.83. The Morgan fingerprint density at radius 2 is 2.14 bits per heavy atom. The van der Waals surface area contributed by atoms with Crippen molar-refractivity contribution in [2.75, 3.05) is 26.7 Å². The Morgan fingerprint density at radius 1 is 1.43 bits per heavy atom. The molecule has 0 bridgehead atoms. The second-order valence-corrected chi connectivity index (χ2v) is 6.26. The molecule has 4 heteroatoms. The molecule has 1 aliphatic heterocycles. The summed E-state index contributed by atoms with van der Waals surface area (Å²) in [6, 6.07) is 10.1. The first-order chi connectivity index (χ1) is 10.1. The van der Waals surface area contributed by atoms with E-state index in [1.54, 1.807) is 6.92 Å². The second kappa shape index (κ2) is 7.57. The van der Waals surface area contributed by atoms with Gasteiger partial charge in [0.1, 0.15) is 0 Å². The molecule has 4 nitrogen and oxygen atoms in total. The fourth-order valence-corrected chi connectivity index (χ4v) is 3.10. The topological polar surface area (TPSA) is 49.6 Å². The van der Waals surface area contributed by atoms with Crippen LogP contribution in [-0.4, -0.2) is 48.4 Å². The van der Waals surface area contributed by atoms with Crippen LogP contribution in [0.25, 0.3) is 0 Å². The van der Waals surface area contributed by atoms with E-state index >= 15 is 0 Å². The number of hydrogen-bond donors (Lipinski definition) is 1. The number of carbonyl (C=O) groups is 1. The van der Waals surface area contributed by atoms with E-state index in [1.807, 2.05) is 11.0 Å². The summed E-state index contributed by atoms with van der Waals surface area (Å²) in [5.41, 5.74) is 7.05. The number of amides is 1. The van der Waals surface area contributed by atoms with Gasteiger partial charge in [-0.25, -0.2) is 0 Å². The first-order valence-electron chi connectivity index (χ1n) is 7.83. The smallest absolute Gasteiger partial charge is 0.239 e. The SMILES string of the molecule is C[C@H](N)C(=O)N1CCC[C@H](CN(C)Cc2ccccc2)C1. The molecule has 0 unspecified atom stereocenters. The number of benzene rings is 1. The molecule has 2 atom stereocenters. The molecule has 21 heavy (non-hydrogen) atoms. The summed E-state index contributed by atoms with van der Waals surface area (Å²) in [6.45, 7) is 5.46. The number of piperidine rings is 1. The summed E-state index contributed by atoms with van der Waals surface area (Å²) in [6.07, 6.45) is 2.28. The van der Waals surface area contributed by atoms with Gasteiger partial charge in [-0.2, -0.15) is 0 Å². The van der Waals surface area contributed by atoms with Gasteiger partial charge in [-0.3, -0.25) is 4.79 Å². The maximum Gasteiger partial charge on any atom is 0.239 e. The van der Waals surface area contributed by atoms with E-state index in [4.69, 9.17) is 5.73 Å². The van der Waals surface area contributed by atoms with Crippen LogP contribution in [0, 0.1) is 5.92 Å². The van der Waals surface area contributed by atoms with Gasteiger partial charge in [0, 0.05) is 26.2 Å². The normalized spacial score (nSPS) is 20.6. The average Bonchev–Trinajstić information content (AvgIpc) is 2.47. The van der Waals surface area contributed by atoms with E-state index in [0.717, 1.165) is 32.6 Å². The largest absolute Gasteiger partial charge is 0.341 e. The maximum absolute atomic E-state index is 12.0. The van der Waals surface area contributed by atoms with Crippen molar-refractivity contribution < 1.29 is 4.79 Å². The highest BCUT2D eigenvalue weighted by molar-refractivity contribution is 5.81. The summed E-state index contributed by atoms with van der Waals surface area (Å²) >= 11 is 0. The second-order valence-electron chi connectivity index (χ2n) is 6.26. The number of carbonyl (C=O) groups excluding carboxylic acids is 1. The van der Waals surface area contributed by atoms with E-state index in [-0.39, 0.29) is 11.9 Å². The number of rotatable bonds is 5. The minimum Gasteiger partial charge on any atom is -0.341 e. The van der Waals surface area contributed by atoms with Gasteiger partial charge in [0.2, 0.25) is 5.91 Å². The van der Waals surface area contributed by atoms with Crippen LogP contribution in [0.5, 0.6) is 0 Å². The molecule has 0 saturated carbocycles. The number of hydrogen-bond acceptors (Lipinski definition) is 3. The predicted molar refractivity (Wildman–Crippen MR) is 85.7 cm³/mol. The van der Waals surface area contributed by atoms with Gasteiger partial charge < -0.3 is 15.5 Å². The van der Waals surface area contributed by atoms with Gasteiger partial charge >= 0.3 is 0 Å². The molecule has 116 valence electrons. The summed E-state index contributed by atoms with van der Waals surface area (Å²) in [4.78, 5) is 16.3. The lowest BCUT2D eigenvalue weighted by Gasteiger charge is -2.35. The Kier molecular flexibility index (Phi) is 5.76. The van der Waals surface area contributed by atoms with E-state index in [0.29, 0.717) is 5.92 Å². The Balaban J connectivity index is 1.83. The molecular weight excluding hydrogens is 262 g/mol. The van der Waals surface area contributed by atoms with Crippen molar-refractivity contribution >= 4 is 5.91 Å². The number of nitrogens with two attached hydrogens (primary N) is 1. The van der Waals surface area contributed by atoms with Gasteiger partial charge in [-0.15, -0.1) is 0 Å². The minimum atomic E-state index is -0.384. The summed E-state index contributed by atoms with van der Waals surface area (Å²) in [7, 11) is 2.15. The molecule has 1 aliphatic rings. The molecule has 0 spiro atoms. The van der Waals surface area contributed by atoms with E-state index < -0.39 is 0 Å². The van der Waals surface area contributed by atoms with E-state index in [9.17, 15) is 4.79 Å². The van der Waals surface area contributed by atoms with Crippen LogP contribution < -0.4 is 5.73 Å². The third-order valence-electron chi connectivity index (χ3n) is 4.09. The van der Waals surface area contributed by atoms with Crippen LogP contribution in [0.15, 0.2) is 30.3 Å². The lowest BCUT2D eigenvalue weighted by molar-refractivity contribution is -0.134. The standard InChI is InChI=1S/C17H27N3O/c1-14(18)17(21)20-10-6-9-16(13-20)12-19(2)11-15-7-4-3-5-8-15/h3-5,7-8,14,16H,6,9-13,18H2,1-2H3/t14-,16+/m0/s1. The van der Waals surface area contributed by atoms with Gasteiger partial charge in [-0.1, -0.05) is 30.3 Å². The van der Waals surface area contributed by atoms with Crippen molar-refractivity contribution in [3.05, 3.63) is 35.9 Å². The first-order valence-corrected chi connectivity index (χ1v) is 7.83. The zero-order valence-corrected chi connectivity index (χ0v) is 13.2. The van der Waals surface area contributed by atoms with Crippen LogP contribution in [-0.2, 0) is 11.3 Å². The Hall–Kier alpha value is -1.39. The molecule has 0 radical (unpaired) electrons. The van der Waals surface area contributed by atoms with Gasteiger partial charge in [0.05, 0.1) is 6.04 Å². The number of nitrogens with zero attached hydrogens (tertiary/aromatic N) is 2. The molecule has 1 amide bonds. The highest BCUT2D eigenvalue weighted by Gasteiger charge is 2.25. The zero-order chi connectivity index (χ0) is 15.2. The zero-order valence-electron chi connectivity index (χ0n) is 13.2. The van der Waals surface area contributed by atoms with Gasteiger partial charge in [-0.05, 0) is 38.3 Å². The molecule has 2 N–H and O–H groups in total. The maximum atomic E-state index is 12.0. The van der Waals surface area contributed by atoms with Gasteiger partial charge in [0.25, 0.3) is 0 Å². The van der Waals surface area contributed by atoms with Crippen molar-refractivity contribution in [1.82, 2.24) is 9.80 Å². The highest BCUT2D eigenvalue weighted by atomic mass is 16.2. The molecular formula is C17H27N3O. The third-order valence-corrected chi connectivity index (χ3v) is 4.09. The lowest BCUT2D eigenvalue weighted by Crippen LogP contribution is -2.48. The summed E-state index contributed by atoms with van der Waals surface area (Å²) < 4.78 is 0. The summed E-state index contributed by atoms with van der Waals surface area (Å²) in [5.74, 6) is 0.639. The molecule has 1 saturated heterocycles. The van der Waals surface area contributed by atoms with Crippen LogP contribution in [0.3, 0.4) is 0 Å². The van der Waals surface area contributed by atoms with Crippen molar-refractivity contribution in [3.63, 3.8) is 0 Å². The van der Waals surface area contributed by atoms with Crippen LogP contribution in [0.1, 0.15) is 25.3 Å². The minimum absolute atomic E-state index is 0.0883. The van der Waals surface area contributed by atoms with Gasteiger partial charge in [0.15, 0.2) is 0 Å². The van der Waals surface area contributed by atoms with E-state index in [2.05, 4.69) is 36.2 Å². The fourth-order valence-electron chi connectivity index (χ4n) is 3.10. The van der Waals surface area contributed by atoms with E-state index in [1.165, 1.54) is 12.0 Å². The molecule has 1 aromatic carbocycles. The van der Waals surface area contributed by atoms with Crippen molar-refractivity contribution in [2.45, 2.75) is 32.4 Å². The lowest BCUT2D eigenvalue weighted by atomic mass is 9.97. The predicted octanol–water partition coefficient (Wildman–Crippen LogP) is 1.70. The van der Waals surface area contributed by atoms with Crippen molar-refractivity contribution in [2.24, 2.45) is 11.7 Å². The summed E-state index contributed by atoms with van der Waals surface area (Å²) in [5, 5.41) is 0. The molecule has 2 rings (SSSR count). The first kappa shape index (κ1) is 16.0. The van der Waals surface area contributed by atoms with Crippen molar-refractivity contribution in [3.8, 4) is 0 Å². The number of likely N-dealkylation sites (tertiary alicyclic amines) is 1. The molecule has 0 aromatic heterocycles. The average molecular weight is 289 g/mol. The highest BCUT2D eigenvalue weighted by Crippen LogP contribution is 2.18. The monoisotopic (exact) mass is 289 g/mol. The molecule has 1 aromatic rings. The molecule has 1 fully saturated rings. The fraction of sp³-hybridized carbons (Fsp3) is 0.588. The Labute approximate surface area is 127 Å². The Morgan fingerprint density at radius 3 is 2.81 bits per heavy atom. The molecule has 1 heterocycles. The quantitative estimate of drug-likeness (QED) is 0.897. The van der Waals surface area contributed by atoms with Crippen LogP contribution in [0.2, 0.25) is 0 Å².